The fourth-order valence-corrected chi connectivity index (χ4v) is 2.64. The third kappa shape index (κ3) is 2.48. The molecule has 3 heterocycles. The molecule has 124 valence electrons. The lowest BCUT2D eigenvalue weighted by Gasteiger charge is -2.05. The number of H-pyrrole nitrogens is 1. The number of rotatable bonds is 3. The predicted molar refractivity (Wildman–Crippen MR) is 90.7 cm³/mol. The summed E-state index contributed by atoms with van der Waals surface area (Å²) in [6, 6.07) is 8.27. The van der Waals surface area contributed by atoms with Crippen LogP contribution in [0.2, 0.25) is 5.02 Å². The molecule has 25 heavy (non-hydrogen) atoms. The van der Waals surface area contributed by atoms with Gasteiger partial charge in [0.15, 0.2) is 17.2 Å². The zero-order valence-corrected chi connectivity index (χ0v) is 13.3. The first-order valence-corrected chi connectivity index (χ1v) is 7.53. The average molecular weight is 356 g/mol. The molecule has 0 aliphatic heterocycles. The number of nitrogens with zero attached hydrogens (tertiary/aromatic N) is 3. The van der Waals surface area contributed by atoms with E-state index >= 15 is 0 Å². The summed E-state index contributed by atoms with van der Waals surface area (Å²) in [6.07, 6.45) is 2.89. The Kier molecular flexibility index (Phi) is 3.40. The van der Waals surface area contributed by atoms with Crippen LogP contribution in [0.25, 0.3) is 28.2 Å². The van der Waals surface area contributed by atoms with Crippen molar-refractivity contribution in [2.45, 2.75) is 0 Å². The quantitative estimate of drug-likeness (QED) is 0.583. The van der Waals surface area contributed by atoms with E-state index in [0.717, 1.165) is 0 Å². The number of carbonyl (C=O) groups is 1. The van der Waals surface area contributed by atoms with E-state index in [1.165, 1.54) is 17.1 Å². The molecule has 0 unspecified atom stereocenters. The smallest absolute Gasteiger partial charge is 0.332 e. The van der Waals surface area contributed by atoms with Gasteiger partial charge in [0.2, 0.25) is 0 Å². The number of fused-ring (bicyclic) bond motifs is 1. The third-order valence-corrected chi connectivity index (χ3v) is 3.89. The summed E-state index contributed by atoms with van der Waals surface area (Å²) in [7, 11) is 0. The molecule has 3 aromatic heterocycles. The molecule has 4 aromatic rings. The van der Waals surface area contributed by atoms with Crippen LogP contribution in [0.5, 0.6) is 0 Å². The lowest BCUT2D eigenvalue weighted by Crippen LogP contribution is -2.15. The van der Waals surface area contributed by atoms with Gasteiger partial charge in [-0.25, -0.2) is 19.3 Å². The van der Waals surface area contributed by atoms with Gasteiger partial charge >= 0.3 is 5.69 Å². The second-order valence-electron chi connectivity index (χ2n) is 5.21. The predicted octanol–water partition coefficient (Wildman–Crippen LogP) is 2.12. The molecule has 4 rings (SSSR count). The highest BCUT2D eigenvalue weighted by Crippen LogP contribution is 2.22. The molecule has 0 aliphatic carbocycles. The highest BCUT2D eigenvalue weighted by atomic mass is 35.5. The van der Waals surface area contributed by atoms with E-state index in [2.05, 4.69) is 15.0 Å². The summed E-state index contributed by atoms with van der Waals surface area (Å²) >= 11 is 5.90. The average Bonchev–Trinajstić information content (AvgIpc) is 3.22. The molecule has 0 radical (unpaired) electrons. The molecular formula is C16H10ClN5O3. The topological polar surface area (TPSA) is 120 Å². The van der Waals surface area contributed by atoms with Gasteiger partial charge in [0.1, 0.15) is 11.8 Å². The van der Waals surface area contributed by atoms with Gasteiger partial charge in [-0.15, -0.1) is 0 Å². The van der Waals surface area contributed by atoms with E-state index in [1.807, 2.05) is 0 Å². The van der Waals surface area contributed by atoms with Crippen LogP contribution in [0.15, 0.2) is 52.1 Å². The first-order valence-electron chi connectivity index (χ1n) is 7.15. The Bertz CT molecular complexity index is 1140. The van der Waals surface area contributed by atoms with Gasteiger partial charge in [-0.05, 0) is 30.3 Å². The molecule has 9 heteroatoms. The third-order valence-electron chi connectivity index (χ3n) is 3.63. The number of primary amides is 1. The number of benzene rings is 1. The van der Waals surface area contributed by atoms with Crippen LogP contribution < -0.4 is 11.4 Å². The molecule has 8 nitrogen and oxygen atoms in total. The Morgan fingerprint density at radius 3 is 2.60 bits per heavy atom. The number of amides is 1. The number of nitrogens with one attached hydrogen (secondary N) is 1. The van der Waals surface area contributed by atoms with E-state index in [0.29, 0.717) is 16.3 Å². The summed E-state index contributed by atoms with van der Waals surface area (Å²) in [5, 5.41) is 0.531. The zero-order valence-electron chi connectivity index (χ0n) is 12.6. The second-order valence-corrected chi connectivity index (χ2v) is 5.65. The van der Waals surface area contributed by atoms with Crippen molar-refractivity contribution in [3.05, 3.63) is 64.1 Å². The minimum absolute atomic E-state index is 0.0778. The van der Waals surface area contributed by atoms with E-state index in [4.69, 9.17) is 21.8 Å². The summed E-state index contributed by atoms with van der Waals surface area (Å²) in [6.45, 7) is 0. The first-order chi connectivity index (χ1) is 12.0. The Hall–Kier alpha value is -3.39. The normalized spacial score (nSPS) is 11.1. The van der Waals surface area contributed by atoms with E-state index < -0.39 is 11.6 Å². The lowest BCUT2D eigenvalue weighted by molar-refractivity contribution is 0.0997. The molecular weight excluding hydrogens is 346 g/mol. The van der Waals surface area contributed by atoms with E-state index in [9.17, 15) is 9.59 Å². The second kappa shape index (κ2) is 5.60. The number of imidazole rings is 1. The minimum atomic E-state index is -0.776. The van der Waals surface area contributed by atoms with Crippen LogP contribution in [-0.2, 0) is 0 Å². The molecule has 0 bridgehead atoms. The summed E-state index contributed by atoms with van der Waals surface area (Å²) in [5.41, 5.74) is 6.35. The number of aromatic amines is 1. The van der Waals surface area contributed by atoms with Gasteiger partial charge < -0.3 is 15.1 Å². The van der Waals surface area contributed by atoms with Gasteiger partial charge in [0.25, 0.3) is 5.91 Å². The van der Waals surface area contributed by atoms with Crippen molar-refractivity contribution >= 4 is 28.7 Å². The SMILES string of the molecule is NC(=O)c1nc(-c2ccoc2)nc2c1[nH]c(=O)n2-c1ccc(Cl)cc1. The minimum Gasteiger partial charge on any atom is -0.472 e. The lowest BCUT2D eigenvalue weighted by atomic mass is 10.2. The Balaban J connectivity index is 2.07. The largest absolute Gasteiger partial charge is 0.472 e. The van der Waals surface area contributed by atoms with Crippen LogP contribution in [0.1, 0.15) is 10.5 Å². The summed E-state index contributed by atoms with van der Waals surface area (Å²) in [5.74, 6) is -0.557. The van der Waals surface area contributed by atoms with Gasteiger partial charge in [0.05, 0.1) is 17.5 Å². The van der Waals surface area contributed by atoms with Gasteiger partial charge in [-0.2, -0.15) is 0 Å². The highest BCUT2D eigenvalue weighted by molar-refractivity contribution is 6.30. The Morgan fingerprint density at radius 1 is 1.20 bits per heavy atom. The van der Waals surface area contributed by atoms with Crippen molar-refractivity contribution in [2.24, 2.45) is 5.73 Å². The van der Waals surface area contributed by atoms with Gasteiger partial charge in [-0.1, -0.05) is 11.6 Å². The number of aromatic nitrogens is 4. The molecule has 0 fully saturated rings. The molecule has 0 spiro atoms. The van der Waals surface area contributed by atoms with Crippen LogP contribution in [0.3, 0.4) is 0 Å². The Labute approximate surface area is 144 Å². The number of nitrogens with two attached hydrogens (primary N) is 1. The molecule has 0 aliphatic rings. The number of furan rings is 1. The monoisotopic (exact) mass is 355 g/mol. The molecule has 0 saturated carbocycles. The van der Waals surface area contributed by atoms with Crippen molar-refractivity contribution in [1.29, 1.82) is 0 Å². The highest BCUT2D eigenvalue weighted by Gasteiger charge is 2.20. The van der Waals surface area contributed by atoms with Gasteiger partial charge in [-0.3, -0.25) is 4.79 Å². The van der Waals surface area contributed by atoms with Crippen LogP contribution in [0.4, 0.5) is 0 Å². The maximum atomic E-state index is 12.4. The van der Waals surface area contributed by atoms with Crippen molar-refractivity contribution in [2.75, 3.05) is 0 Å². The maximum absolute atomic E-state index is 12.4. The maximum Gasteiger partial charge on any atom is 0.332 e. The van der Waals surface area contributed by atoms with E-state index in [-0.39, 0.29) is 22.7 Å². The summed E-state index contributed by atoms with van der Waals surface area (Å²) in [4.78, 5) is 35.4. The van der Waals surface area contributed by atoms with Crippen molar-refractivity contribution in [3.8, 4) is 17.1 Å². The molecule has 0 saturated heterocycles. The zero-order chi connectivity index (χ0) is 17.6. The van der Waals surface area contributed by atoms with Gasteiger partial charge in [0, 0.05) is 5.02 Å². The number of hydrogen-bond donors (Lipinski definition) is 2. The molecule has 3 N–H and O–H groups in total. The number of carbonyl (C=O) groups excluding carboxylic acids is 1. The van der Waals surface area contributed by atoms with Crippen molar-refractivity contribution in [1.82, 2.24) is 19.5 Å². The Morgan fingerprint density at radius 2 is 1.96 bits per heavy atom. The van der Waals surface area contributed by atoms with Crippen LogP contribution >= 0.6 is 11.6 Å². The van der Waals surface area contributed by atoms with Crippen molar-refractivity contribution < 1.29 is 9.21 Å². The fraction of sp³-hybridized carbons (Fsp3) is 0. The van der Waals surface area contributed by atoms with Crippen LogP contribution in [-0.4, -0.2) is 25.4 Å². The van der Waals surface area contributed by atoms with E-state index in [1.54, 1.807) is 30.3 Å². The first kappa shape index (κ1) is 15.2. The number of halogens is 1. The van der Waals surface area contributed by atoms with Crippen molar-refractivity contribution in [3.63, 3.8) is 0 Å². The standard InChI is InChI=1S/C16H10ClN5O3/c17-9-1-3-10(4-2-9)22-15-12(20-16(22)24)11(13(18)23)19-14(21-15)8-5-6-25-7-8/h1-7H,(H2,18,23)(H,20,24). The number of hydrogen-bond acceptors (Lipinski definition) is 5. The van der Waals surface area contributed by atoms with Crippen LogP contribution in [0, 0.1) is 0 Å². The molecule has 0 atom stereocenters. The fourth-order valence-electron chi connectivity index (χ4n) is 2.51. The molecule has 1 amide bonds. The molecule has 1 aromatic carbocycles. The summed E-state index contributed by atoms with van der Waals surface area (Å²) < 4.78 is 6.35.